The van der Waals surface area contributed by atoms with Gasteiger partial charge in [-0.15, -0.1) is 0 Å². The molecule has 0 saturated carbocycles. The van der Waals surface area contributed by atoms with Gasteiger partial charge in [0.1, 0.15) is 5.41 Å². The largest absolute Gasteiger partial charge is 0.290 e. The molecular formula is C14H7NO2. The maximum Gasteiger partial charge on any atom is 0.184 e. The Morgan fingerprint density at radius 2 is 1.47 bits per heavy atom. The van der Waals surface area contributed by atoms with Gasteiger partial charge in [-0.05, 0) is 17.7 Å². The summed E-state index contributed by atoms with van der Waals surface area (Å²) in [6.07, 6.45) is 2.48. The molecule has 0 amide bonds. The zero-order valence-electron chi connectivity index (χ0n) is 8.81. The van der Waals surface area contributed by atoms with Crippen molar-refractivity contribution in [3.05, 3.63) is 59.2 Å². The van der Waals surface area contributed by atoms with E-state index < -0.39 is 5.41 Å². The highest BCUT2D eigenvalue weighted by molar-refractivity contribution is 6.30. The number of rotatable bonds is 1. The Balaban J connectivity index is 2.15. The Bertz CT molecular complexity index is 617. The van der Waals surface area contributed by atoms with Crippen molar-refractivity contribution in [1.29, 1.82) is 5.26 Å². The lowest BCUT2D eigenvalue weighted by Gasteiger charge is -2.09. The van der Waals surface area contributed by atoms with E-state index >= 15 is 0 Å². The van der Waals surface area contributed by atoms with E-state index in [2.05, 4.69) is 6.07 Å². The molecule has 0 N–H and O–H groups in total. The summed E-state index contributed by atoms with van der Waals surface area (Å²) in [5.41, 5.74) is 0.286. The highest BCUT2D eigenvalue weighted by Gasteiger charge is 2.61. The van der Waals surface area contributed by atoms with Crippen LogP contribution in [0.3, 0.4) is 0 Å². The summed E-state index contributed by atoms with van der Waals surface area (Å²) in [6.45, 7) is 0. The molecule has 3 rings (SSSR count). The van der Waals surface area contributed by atoms with Crippen LogP contribution in [-0.2, 0) is 15.0 Å². The molecule has 3 heteroatoms. The minimum absolute atomic E-state index is 0.231. The smallest absolute Gasteiger partial charge is 0.184 e. The molecule has 2 aliphatic rings. The number of hydrogen-bond donors (Lipinski definition) is 0. The van der Waals surface area contributed by atoms with Crippen LogP contribution in [0, 0.1) is 11.3 Å². The average Bonchev–Trinajstić information content (AvgIpc) is 3.07. The molecule has 2 aliphatic carbocycles. The van der Waals surface area contributed by atoms with Crippen molar-refractivity contribution in [2.24, 2.45) is 0 Å². The predicted octanol–water partition coefficient (Wildman–Crippen LogP) is 1.47. The molecule has 0 bridgehead atoms. The summed E-state index contributed by atoms with van der Waals surface area (Å²) in [6, 6.07) is 11.1. The summed E-state index contributed by atoms with van der Waals surface area (Å²) in [4.78, 5) is 23.4. The van der Waals surface area contributed by atoms with Gasteiger partial charge in [-0.3, -0.25) is 9.59 Å². The number of carbonyl (C=O) groups excluding carboxylic acids is 2. The molecule has 0 fully saturated rings. The fourth-order valence-corrected chi connectivity index (χ4v) is 2.37. The number of allylic oxidation sites excluding steroid dienone is 4. The van der Waals surface area contributed by atoms with Crippen molar-refractivity contribution < 1.29 is 9.59 Å². The number of nitriles is 1. The van der Waals surface area contributed by atoms with E-state index in [0.29, 0.717) is 16.7 Å². The first-order valence-corrected chi connectivity index (χ1v) is 5.20. The Labute approximate surface area is 97.7 Å². The van der Waals surface area contributed by atoms with Crippen LogP contribution in [0.2, 0.25) is 0 Å². The molecule has 0 unspecified atom stereocenters. The van der Waals surface area contributed by atoms with Gasteiger partial charge in [-0.2, -0.15) is 5.26 Å². The van der Waals surface area contributed by atoms with E-state index in [0.717, 1.165) is 0 Å². The fourth-order valence-electron chi connectivity index (χ4n) is 2.37. The molecule has 0 aromatic heterocycles. The minimum Gasteiger partial charge on any atom is -0.290 e. The first-order chi connectivity index (χ1) is 8.21. The van der Waals surface area contributed by atoms with Gasteiger partial charge in [0.25, 0.3) is 0 Å². The van der Waals surface area contributed by atoms with E-state index in [1.165, 1.54) is 12.2 Å². The van der Waals surface area contributed by atoms with Crippen molar-refractivity contribution in [2.45, 2.75) is 5.41 Å². The molecule has 0 heterocycles. The minimum atomic E-state index is -1.10. The molecule has 3 nitrogen and oxygen atoms in total. The zero-order valence-corrected chi connectivity index (χ0v) is 8.81. The number of benzene rings is 1. The topological polar surface area (TPSA) is 57.9 Å². The van der Waals surface area contributed by atoms with Crippen LogP contribution in [-0.4, -0.2) is 11.6 Å². The van der Waals surface area contributed by atoms with Crippen molar-refractivity contribution in [3.8, 4) is 6.07 Å². The van der Waals surface area contributed by atoms with E-state index in [9.17, 15) is 14.9 Å². The van der Waals surface area contributed by atoms with Gasteiger partial charge < -0.3 is 0 Å². The Morgan fingerprint density at radius 3 is 1.94 bits per heavy atom. The zero-order chi connectivity index (χ0) is 12.0. The van der Waals surface area contributed by atoms with Gasteiger partial charge in [-0.25, -0.2) is 0 Å². The normalized spacial score (nSPS) is 19.9. The molecule has 0 atom stereocenters. The van der Waals surface area contributed by atoms with Gasteiger partial charge in [0, 0.05) is 11.1 Å². The van der Waals surface area contributed by atoms with Crippen LogP contribution < -0.4 is 0 Å². The molecule has 1 aromatic rings. The molecule has 0 spiro atoms. The highest BCUT2D eigenvalue weighted by Crippen LogP contribution is 2.56. The maximum absolute atomic E-state index is 11.7. The Hall–Kier alpha value is -2.47. The quantitative estimate of drug-likeness (QED) is 0.674. The second-order valence-electron chi connectivity index (χ2n) is 4.04. The highest BCUT2D eigenvalue weighted by atomic mass is 16.1. The predicted molar refractivity (Wildman–Crippen MR) is 59.9 cm³/mol. The van der Waals surface area contributed by atoms with Gasteiger partial charge in [0.05, 0.1) is 6.07 Å². The summed E-state index contributed by atoms with van der Waals surface area (Å²) < 4.78 is 0. The van der Waals surface area contributed by atoms with Crippen LogP contribution in [0.4, 0.5) is 0 Å². The van der Waals surface area contributed by atoms with Crippen LogP contribution in [0.1, 0.15) is 5.56 Å². The molecule has 0 radical (unpaired) electrons. The third-order valence-electron chi connectivity index (χ3n) is 3.19. The first kappa shape index (κ1) is 9.73. The van der Waals surface area contributed by atoms with Gasteiger partial charge in [0.15, 0.2) is 11.6 Å². The first-order valence-electron chi connectivity index (χ1n) is 5.20. The second kappa shape index (κ2) is 3.02. The number of hydrogen-bond acceptors (Lipinski definition) is 3. The van der Waals surface area contributed by atoms with Crippen LogP contribution in [0.15, 0.2) is 53.6 Å². The van der Waals surface area contributed by atoms with Crippen molar-refractivity contribution in [2.75, 3.05) is 0 Å². The summed E-state index contributed by atoms with van der Waals surface area (Å²) in [5, 5.41) is 9.35. The third kappa shape index (κ3) is 1.04. The van der Waals surface area contributed by atoms with Gasteiger partial charge >= 0.3 is 0 Å². The average molecular weight is 221 g/mol. The summed E-state index contributed by atoms with van der Waals surface area (Å²) in [5.74, 6) is -0.463. The summed E-state index contributed by atoms with van der Waals surface area (Å²) >= 11 is 0. The van der Waals surface area contributed by atoms with E-state index in [1.54, 1.807) is 24.3 Å². The molecule has 1 aromatic carbocycles. The van der Waals surface area contributed by atoms with Crippen LogP contribution >= 0.6 is 0 Å². The Morgan fingerprint density at radius 1 is 0.941 bits per heavy atom. The maximum atomic E-state index is 11.7. The van der Waals surface area contributed by atoms with E-state index in [1.807, 2.05) is 6.07 Å². The SMILES string of the molecule is N#CC1(c2ccccc2)C2=C1C(=O)C=CC2=O. The monoisotopic (exact) mass is 221 g/mol. The van der Waals surface area contributed by atoms with Crippen LogP contribution in [0.25, 0.3) is 0 Å². The molecule has 17 heavy (non-hydrogen) atoms. The molecule has 80 valence electrons. The fraction of sp³-hybridized carbons (Fsp3) is 0.0714. The lowest BCUT2D eigenvalue weighted by atomic mass is 9.88. The van der Waals surface area contributed by atoms with Gasteiger partial charge in [-0.1, -0.05) is 30.3 Å². The van der Waals surface area contributed by atoms with E-state index in [4.69, 9.17) is 0 Å². The summed E-state index contributed by atoms with van der Waals surface area (Å²) in [7, 11) is 0. The van der Waals surface area contributed by atoms with Gasteiger partial charge in [0.2, 0.25) is 0 Å². The third-order valence-corrected chi connectivity index (χ3v) is 3.19. The molecule has 0 aliphatic heterocycles. The van der Waals surface area contributed by atoms with Crippen molar-refractivity contribution in [1.82, 2.24) is 0 Å². The van der Waals surface area contributed by atoms with Crippen LogP contribution in [0.5, 0.6) is 0 Å². The van der Waals surface area contributed by atoms with E-state index in [-0.39, 0.29) is 11.6 Å². The van der Waals surface area contributed by atoms with Crippen molar-refractivity contribution >= 4 is 11.6 Å². The number of nitrogens with zero attached hydrogens (tertiary/aromatic N) is 1. The Kier molecular flexibility index (Phi) is 1.73. The standard InChI is InChI=1S/C14H7NO2/c15-8-14(9-4-2-1-3-5-9)12-10(16)6-7-11(17)13(12)14/h1-7H. The number of ketones is 2. The molecular weight excluding hydrogens is 214 g/mol. The second-order valence-corrected chi connectivity index (χ2v) is 4.04. The van der Waals surface area contributed by atoms with Crippen molar-refractivity contribution in [3.63, 3.8) is 0 Å². The number of carbonyl (C=O) groups is 2. The molecule has 0 saturated heterocycles. The lowest BCUT2D eigenvalue weighted by molar-refractivity contribution is -0.113. The lowest BCUT2D eigenvalue weighted by Crippen LogP contribution is -2.14.